The Labute approximate surface area is 172 Å². The number of benzene rings is 2. The van der Waals surface area contributed by atoms with E-state index in [2.05, 4.69) is 16.6 Å². The number of hydrazone groups is 1. The molecule has 8 nitrogen and oxygen atoms in total. The van der Waals surface area contributed by atoms with Gasteiger partial charge in [-0.05, 0) is 60.4 Å². The number of nitrogens with one attached hydrogen (secondary N) is 2. The van der Waals surface area contributed by atoms with Gasteiger partial charge in [0.05, 0.1) is 17.7 Å². The molecule has 9 heteroatoms. The number of nitrogens with zero attached hydrogens (tertiary/aromatic N) is 3. The molecule has 0 aliphatic rings. The summed E-state index contributed by atoms with van der Waals surface area (Å²) < 4.78 is 0. The van der Waals surface area contributed by atoms with Gasteiger partial charge in [0.15, 0.2) is 0 Å². The number of halogens is 1. The van der Waals surface area contributed by atoms with Crippen molar-refractivity contribution >= 4 is 35.0 Å². The smallest absolute Gasteiger partial charge is 0.411 e. The Balaban J connectivity index is 2.33. The third-order valence-electron chi connectivity index (χ3n) is 4.05. The number of aryl methyl sites for hydroxylation is 2. The normalized spacial score (nSPS) is 11.7. The lowest BCUT2D eigenvalue weighted by atomic mass is 9.86. The molecule has 0 aromatic heterocycles. The molecule has 1 atom stereocenters. The Hall–Kier alpha value is -3.88. The molecule has 0 aliphatic heterocycles. The van der Waals surface area contributed by atoms with Gasteiger partial charge in [-0.2, -0.15) is 15.6 Å². The van der Waals surface area contributed by atoms with Crippen LogP contribution < -0.4 is 10.7 Å². The SMILES string of the molecule is Cc1cc(NN=C(C#N)C(=O)NC(=O)O)cc(C)c1C(C#N)c1ccc(Cl)cc1. The Morgan fingerprint density at radius 2 is 1.72 bits per heavy atom. The fourth-order valence-electron chi connectivity index (χ4n) is 2.86. The number of anilines is 1. The van der Waals surface area contributed by atoms with Gasteiger partial charge in [-0.25, -0.2) is 4.79 Å². The Morgan fingerprint density at radius 1 is 1.14 bits per heavy atom. The number of carbonyl (C=O) groups is 2. The van der Waals surface area contributed by atoms with Gasteiger partial charge >= 0.3 is 6.09 Å². The van der Waals surface area contributed by atoms with Crippen LogP contribution in [0.3, 0.4) is 0 Å². The number of carboxylic acid groups (broad SMARTS) is 1. The molecule has 0 saturated heterocycles. The first-order valence-corrected chi connectivity index (χ1v) is 8.69. The summed E-state index contributed by atoms with van der Waals surface area (Å²) in [6, 6.07) is 14.3. The predicted octanol–water partition coefficient (Wildman–Crippen LogP) is 3.70. The number of carbonyl (C=O) groups excluding carboxylic acids is 1. The van der Waals surface area contributed by atoms with Crippen molar-refractivity contribution in [1.29, 1.82) is 10.5 Å². The van der Waals surface area contributed by atoms with Crippen LogP contribution in [0.2, 0.25) is 5.02 Å². The summed E-state index contributed by atoms with van der Waals surface area (Å²) in [4.78, 5) is 22.1. The highest BCUT2D eigenvalue weighted by molar-refractivity contribution is 6.46. The third-order valence-corrected chi connectivity index (χ3v) is 4.31. The van der Waals surface area contributed by atoms with Gasteiger partial charge in [-0.1, -0.05) is 23.7 Å². The van der Waals surface area contributed by atoms with Crippen LogP contribution in [0.1, 0.15) is 28.2 Å². The summed E-state index contributed by atoms with van der Waals surface area (Å²) in [5.74, 6) is -1.63. The summed E-state index contributed by atoms with van der Waals surface area (Å²) in [5.41, 5.74) is 5.66. The first kappa shape index (κ1) is 21.4. The van der Waals surface area contributed by atoms with E-state index in [1.807, 2.05) is 13.8 Å². The Morgan fingerprint density at radius 3 is 2.21 bits per heavy atom. The van der Waals surface area contributed by atoms with Crippen LogP contribution in [-0.2, 0) is 4.79 Å². The van der Waals surface area contributed by atoms with Gasteiger partial charge in [0.2, 0.25) is 5.71 Å². The molecule has 146 valence electrons. The molecule has 1 unspecified atom stereocenters. The largest absolute Gasteiger partial charge is 0.465 e. The highest BCUT2D eigenvalue weighted by atomic mass is 35.5. The zero-order valence-corrected chi connectivity index (χ0v) is 16.3. The molecule has 0 saturated carbocycles. The van der Waals surface area contributed by atoms with Crippen LogP contribution in [0, 0.1) is 36.5 Å². The lowest BCUT2D eigenvalue weighted by Crippen LogP contribution is -2.34. The van der Waals surface area contributed by atoms with Crippen LogP contribution in [0.4, 0.5) is 10.5 Å². The number of imide groups is 1. The highest BCUT2D eigenvalue weighted by Gasteiger charge is 2.19. The molecule has 29 heavy (non-hydrogen) atoms. The molecule has 2 aromatic carbocycles. The van der Waals surface area contributed by atoms with Crippen LogP contribution in [0.15, 0.2) is 41.5 Å². The molecule has 0 aliphatic carbocycles. The standard InChI is InChI=1S/C20H16ClN5O3/c1-11-7-15(25-26-17(10-23)19(27)24-20(28)29)8-12(2)18(11)16(9-22)13-3-5-14(21)6-4-13/h3-8,16,25H,1-2H3,(H,24,27)(H,28,29). The van der Waals surface area contributed by atoms with Crippen molar-refractivity contribution in [1.82, 2.24) is 5.32 Å². The lowest BCUT2D eigenvalue weighted by molar-refractivity contribution is -0.114. The van der Waals surface area contributed by atoms with Gasteiger partial charge in [0.1, 0.15) is 6.07 Å². The number of hydrogen-bond donors (Lipinski definition) is 3. The average molecular weight is 410 g/mol. The zero-order chi connectivity index (χ0) is 21.6. The summed E-state index contributed by atoms with van der Waals surface area (Å²) in [6.45, 7) is 3.67. The number of rotatable bonds is 5. The molecule has 2 rings (SSSR count). The van der Waals surface area contributed by atoms with Gasteiger partial charge in [-0.3, -0.25) is 15.5 Å². The van der Waals surface area contributed by atoms with Crippen molar-refractivity contribution in [3.05, 3.63) is 63.7 Å². The topological polar surface area (TPSA) is 138 Å². The third kappa shape index (κ3) is 5.32. The predicted molar refractivity (Wildman–Crippen MR) is 108 cm³/mol. The second-order valence-electron chi connectivity index (χ2n) is 6.08. The molecule has 2 aromatic rings. The van der Waals surface area contributed by atoms with Crippen molar-refractivity contribution in [3.8, 4) is 12.1 Å². The van der Waals surface area contributed by atoms with Crippen LogP contribution in [0.25, 0.3) is 0 Å². The second-order valence-corrected chi connectivity index (χ2v) is 6.52. The van der Waals surface area contributed by atoms with Gasteiger partial charge in [0.25, 0.3) is 5.91 Å². The average Bonchev–Trinajstić information content (AvgIpc) is 2.65. The van der Waals surface area contributed by atoms with Crippen LogP contribution in [-0.4, -0.2) is 22.8 Å². The molecule has 0 radical (unpaired) electrons. The first-order valence-electron chi connectivity index (χ1n) is 8.31. The monoisotopic (exact) mass is 409 g/mol. The molecule has 0 fully saturated rings. The molecular weight excluding hydrogens is 394 g/mol. The minimum atomic E-state index is -1.58. The van der Waals surface area contributed by atoms with Crippen LogP contribution >= 0.6 is 11.6 Å². The minimum absolute atomic E-state index is 0.479. The Kier molecular flexibility index (Phi) is 6.91. The molecule has 0 heterocycles. The lowest BCUT2D eigenvalue weighted by Gasteiger charge is -2.17. The Bertz CT molecular complexity index is 1040. The minimum Gasteiger partial charge on any atom is -0.465 e. The van der Waals surface area contributed by atoms with Crippen LogP contribution in [0.5, 0.6) is 0 Å². The van der Waals surface area contributed by atoms with Crippen molar-refractivity contribution < 1.29 is 14.7 Å². The maximum absolute atomic E-state index is 11.6. The van der Waals surface area contributed by atoms with E-state index in [0.717, 1.165) is 22.3 Å². The molecule has 2 amide bonds. The summed E-state index contributed by atoms with van der Waals surface area (Å²) in [6.07, 6.45) is -1.58. The zero-order valence-electron chi connectivity index (χ0n) is 15.5. The van der Waals surface area contributed by atoms with Gasteiger partial charge in [0, 0.05) is 5.02 Å². The van der Waals surface area contributed by atoms with E-state index in [1.54, 1.807) is 41.7 Å². The number of amides is 2. The molecule has 0 spiro atoms. The molecule has 3 N–H and O–H groups in total. The van der Waals surface area contributed by atoms with Crippen molar-refractivity contribution in [2.24, 2.45) is 5.10 Å². The maximum atomic E-state index is 11.6. The van der Waals surface area contributed by atoms with E-state index in [-0.39, 0.29) is 0 Å². The van der Waals surface area contributed by atoms with E-state index in [1.165, 1.54) is 6.07 Å². The summed E-state index contributed by atoms with van der Waals surface area (Å²) >= 11 is 5.92. The van der Waals surface area contributed by atoms with E-state index in [0.29, 0.717) is 10.7 Å². The number of nitriles is 2. The highest BCUT2D eigenvalue weighted by Crippen LogP contribution is 2.32. The van der Waals surface area contributed by atoms with E-state index >= 15 is 0 Å². The molecular formula is C20H16ClN5O3. The fraction of sp³-hybridized carbons (Fsp3) is 0.150. The first-order chi connectivity index (χ1) is 13.8. The molecule has 0 bridgehead atoms. The van der Waals surface area contributed by atoms with Gasteiger partial charge < -0.3 is 5.11 Å². The number of hydrogen-bond acceptors (Lipinski definition) is 6. The second kappa shape index (κ2) is 9.36. The van der Waals surface area contributed by atoms with Crippen molar-refractivity contribution in [2.75, 3.05) is 5.43 Å². The van der Waals surface area contributed by atoms with E-state index in [4.69, 9.17) is 22.0 Å². The van der Waals surface area contributed by atoms with E-state index < -0.39 is 23.6 Å². The van der Waals surface area contributed by atoms with Crippen molar-refractivity contribution in [2.45, 2.75) is 19.8 Å². The van der Waals surface area contributed by atoms with Crippen molar-refractivity contribution in [3.63, 3.8) is 0 Å². The quantitative estimate of drug-likeness (QED) is 0.508. The fourth-order valence-corrected chi connectivity index (χ4v) is 2.98. The summed E-state index contributed by atoms with van der Waals surface area (Å²) in [5, 5.41) is 33.0. The van der Waals surface area contributed by atoms with Gasteiger partial charge in [-0.15, -0.1) is 0 Å². The maximum Gasteiger partial charge on any atom is 0.411 e. The van der Waals surface area contributed by atoms with E-state index in [9.17, 15) is 14.9 Å². The summed E-state index contributed by atoms with van der Waals surface area (Å²) in [7, 11) is 0.